The minimum Gasteiger partial charge on any atom is -0.493 e. The van der Waals surface area contributed by atoms with Crippen LogP contribution in [-0.4, -0.2) is 29.0 Å². The van der Waals surface area contributed by atoms with Gasteiger partial charge in [0.1, 0.15) is 6.33 Å². The molecule has 1 aliphatic heterocycles. The van der Waals surface area contributed by atoms with Crippen LogP contribution in [0.1, 0.15) is 29.6 Å². The largest absolute Gasteiger partial charge is 0.493 e. The van der Waals surface area contributed by atoms with Crippen molar-refractivity contribution in [3.05, 3.63) is 64.9 Å². The molecule has 1 aliphatic rings. The number of anilines is 1. The summed E-state index contributed by atoms with van der Waals surface area (Å²) in [5.74, 6) is 2.15. The Morgan fingerprint density at radius 1 is 1.12 bits per heavy atom. The van der Waals surface area contributed by atoms with E-state index in [2.05, 4.69) is 15.4 Å². The van der Waals surface area contributed by atoms with Gasteiger partial charge in [-0.2, -0.15) is 10.1 Å². The monoisotopic (exact) mass is 370 g/mol. The van der Waals surface area contributed by atoms with Crippen LogP contribution < -0.4 is 14.8 Å². The highest BCUT2D eigenvalue weighted by atomic mass is 35.5. The number of rotatable bonds is 4. The predicted octanol–water partition coefficient (Wildman–Crippen LogP) is 4.10. The second-order valence-corrected chi connectivity index (χ2v) is 6.55. The summed E-state index contributed by atoms with van der Waals surface area (Å²) in [6, 6.07) is 13.8. The van der Waals surface area contributed by atoms with E-state index in [0.717, 1.165) is 34.3 Å². The summed E-state index contributed by atoms with van der Waals surface area (Å²) in [6.07, 6.45) is 2.35. The first-order valence-corrected chi connectivity index (χ1v) is 8.71. The van der Waals surface area contributed by atoms with Crippen molar-refractivity contribution in [1.82, 2.24) is 14.8 Å². The molecule has 0 saturated carbocycles. The van der Waals surface area contributed by atoms with Crippen molar-refractivity contribution in [3.8, 4) is 11.5 Å². The Bertz CT molecular complexity index is 910. The minimum atomic E-state index is -0.0283. The van der Waals surface area contributed by atoms with Gasteiger partial charge in [-0.25, -0.2) is 4.68 Å². The van der Waals surface area contributed by atoms with Gasteiger partial charge < -0.3 is 14.8 Å². The molecule has 2 atom stereocenters. The van der Waals surface area contributed by atoms with Crippen molar-refractivity contribution in [2.24, 2.45) is 0 Å². The number of hydrogen-bond acceptors (Lipinski definition) is 5. The Balaban J connectivity index is 1.78. The molecule has 0 amide bonds. The normalized spacial score (nSPS) is 18.7. The number of fused-ring (bicyclic) bond motifs is 1. The first-order chi connectivity index (χ1) is 12.7. The summed E-state index contributed by atoms with van der Waals surface area (Å²) in [5, 5.41) is 8.59. The molecule has 0 aliphatic carbocycles. The topological polar surface area (TPSA) is 61.2 Å². The van der Waals surface area contributed by atoms with E-state index in [1.165, 1.54) is 0 Å². The van der Waals surface area contributed by atoms with Crippen molar-refractivity contribution in [2.75, 3.05) is 19.5 Å². The number of ether oxygens (including phenoxy) is 2. The lowest BCUT2D eigenvalue weighted by Crippen LogP contribution is -2.28. The molecule has 0 bridgehead atoms. The maximum atomic E-state index is 6.03. The molecule has 7 heteroatoms. The molecule has 2 aromatic carbocycles. The van der Waals surface area contributed by atoms with Crippen LogP contribution in [0.5, 0.6) is 11.5 Å². The molecule has 0 radical (unpaired) electrons. The number of halogens is 1. The number of para-hydroxylation sites is 1. The highest BCUT2D eigenvalue weighted by molar-refractivity contribution is 6.30. The van der Waals surface area contributed by atoms with Gasteiger partial charge in [-0.1, -0.05) is 35.9 Å². The van der Waals surface area contributed by atoms with Gasteiger partial charge in [0.2, 0.25) is 5.95 Å². The van der Waals surface area contributed by atoms with Gasteiger partial charge in [-0.15, -0.1) is 0 Å². The molecule has 0 saturated heterocycles. The zero-order valence-electron chi connectivity index (χ0n) is 14.5. The molecular weight excluding hydrogens is 352 g/mol. The number of nitrogens with one attached hydrogen (secondary N) is 1. The molecule has 1 N–H and O–H groups in total. The summed E-state index contributed by atoms with van der Waals surface area (Å²) in [5.41, 5.74) is 2.16. The van der Waals surface area contributed by atoms with E-state index in [1.54, 1.807) is 20.5 Å². The Morgan fingerprint density at radius 2 is 1.92 bits per heavy atom. The van der Waals surface area contributed by atoms with Gasteiger partial charge in [0.05, 0.1) is 26.3 Å². The van der Waals surface area contributed by atoms with E-state index in [1.807, 2.05) is 47.1 Å². The zero-order chi connectivity index (χ0) is 18.1. The fraction of sp³-hybridized carbons (Fsp3) is 0.263. The Hall–Kier alpha value is -2.73. The van der Waals surface area contributed by atoms with E-state index < -0.39 is 0 Å². The van der Waals surface area contributed by atoms with Crippen LogP contribution in [0, 0.1) is 0 Å². The number of hydrogen-bond donors (Lipinski definition) is 1. The first kappa shape index (κ1) is 16.7. The van der Waals surface area contributed by atoms with Crippen LogP contribution in [0.25, 0.3) is 0 Å². The van der Waals surface area contributed by atoms with E-state index in [9.17, 15) is 0 Å². The van der Waals surface area contributed by atoms with E-state index in [0.29, 0.717) is 5.75 Å². The number of nitrogens with zero attached hydrogens (tertiary/aromatic N) is 3. The molecule has 3 aromatic rings. The highest BCUT2D eigenvalue weighted by Crippen LogP contribution is 2.43. The minimum absolute atomic E-state index is 0.0283. The maximum Gasteiger partial charge on any atom is 0.222 e. The van der Waals surface area contributed by atoms with E-state index in [4.69, 9.17) is 21.1 Å². The van der Waals surface area contributed by atoms with Gasteiger partial charge in [0.15, 0.2) is 11.5 Å². The lowest BCUT2D eigenvalue weighted by molar-refractivity contribution is 0.340. The van der Waals surface area contributed by atoms with Crippen molar-refractivity contribution in [2.45, 2.75) is 18.5 Å². The van der Waals surface area contributed by atoms with Gasteiger partial charge in [0, 0.05) is 10.6 Å². The fourth-order valence-electron chi connectivity index (χ4n) is 3.47. The Kier molecular flexibility index (Phi) is 4.42. The second-order valence-electron chi connectivity index (χ2n) is 6.11. The molecule has 4 rings (SSSR count). The smallest absolute Gasteiger partial charge is 0.222 e. The molecule has 0 unspecified atom stereocenters. The molecule has 26 heavy (non-hydrogen) atoms. The standard InChI is InChI=1S/C19H19ClN4O2/c1-25-17-5-3-4-14(18(17)26-2)16-10-15(12-6-8-13(20)9-7-12)23-19-21-11-22-24(16)19/h3-9,11,15-16H,10H2,1-2H3,(H,21,22,23)/t15-,16+/m0/s1. The maximum absolute atomic E-state index is 6.03. The first-order valence-electron chi connectivity index (χ1n) is 8.33. The van der Waals surface area contributed by atoms with Crippen LogP contribution in [0.4, 0.5) is 5.95 Å². The summed E-state index contributed by atoms with van der Waals surface area (Å²) in [4.78, 5) is 4.37. The van der Waals surface area contributed by atoms with Crippen LogP contribution in [0.3, 0.4) is 0 Å². The van der Waals surface area contributed by atoms with Gasteiger partial charge >= 0.3 is 0 Å². The van der Waals surface area contributed by atoms with Crippen LogP contribution in [0.2, 0.25) is 5.02 Å². The lowest BCUT2D eigenvalue weighted by Gasteiger charge is -2.32. The van der Waals surface area contributed by atoms with Crippen LogP contribution in [0.15, 0.2) is 48.8 Å². The predicted molar refractivity (Wildman–Crippen MR) is 100 cm³/mol. The summed E-state index contributed by atoms with van der Waals surface area (Å²) in [7, 11) is 3.29. The average Bonchev–Trinajstić information content (AvgIpc) is 3.15. The van der Waals surface area contributed by atoms with Crippen molar-refractivity contribution in [1.29, 1.82) is 0 Å². The number of methoxy groups -OCH3 is 2. The molecule has 1 aromatic heterocycles. The van der Waals surface area contributed by atoms with E-state index >= 15 is 0 Å². The zero-order valence-corrected chi connectivity index (χ0v) is 15.3. The van der Waals surface area contributed by atoms with Crippen LogP contribution in [-0.2, 0) is 0 Å². The van der Waals surface area contributed by atoms with Gasteiger partial charge in [-0.3, -0.25) is 0 Å². The Morgan fingerprint density at radius 3 is 2.65 bits per heavy atom. The third-order valence-corrected chi connectivity index (χ3v) is 4.95. The van der Waals surface area contributed by atoms with Crippen molar-refractivity contribution in [3.63, 3.8) is 0 Å². The Labute approximate surface area is 156 Å². The molecule has 0 spiro atoms. The molecule has 6 nitrogen and oxygen atoms in total. The molecular formula is C19H19ClN4O2. The van der Waals surface area contributed by atoms with Crippen molar-refractivity contribution < 1.29 is 9.47 Å². The summed E-state index contributed by atoms with van der Waals surface area (Å²) >= 11 is 6.03. The number of aromatic nitrogens is 3. The lowest BCUT2D eigenvalue weighted by atomic mass is 9.92. The summed E-state index contributed by atoms with van der Waals surface area (Å²) < 4.78 is 13.0. The number of benzene rings is 2. The average molecular weight is 371 g/mol. The molecule has 0 fully saturated rings. The second kappa shape index (κ2) is 6.88. The SMILES string of the molecule is COc1cccc([C@H]2C[C@@H](c3ccc(Cl)cc3)Nc3ncnn32)c1OC. The van der Waals surface area contributed by atoms with Gasteiger partial charge in [-0.05, 0) is 30.2 Å². The quantitative estimate of drug-likeness (QED) is 0.749. The highest BCUT2D eigenvalue weighted by Gasteiger charge is 2.32. The molecule has 2 heterocycles. The third-order valence-electron chi connectivity index (χ3n) is 4.70. The third kappa shape index (κ3) is 2.86. The van der Waals surface area contributed by atoms with E-state index in [-0.39, 0.29) is 12.1 Å². The van der Waals surface area contributed by atoms with Crippen molar-refractivity contribution >= 4 is 17.5 Å². The summed E-state index contributed by atoms with van der Waals surface area (Å²) in [6.45, 7) is 0. The van der Waals surface area contributed by atoms with Crippen LogP contribution >= 0.6 is 11.6 Å². The molecule has 134 valence electrons. The van der Waals surface area contributed by atoms with Gasteiger partial charge in [0.25, 0.3) is 0 Å². The fourth-order valence-corrected chi connectivity index (χ4v) is 3.59.